The zero-order chi connectivity index (χ0) is 25.7. The maximum absolute atomic E-state index is 13.1. The highest BCUT2D eigenvalue weighted by atomic mass is 32.2. The fourth-order valence-electron chi connectivity index (χ4n) is 2.87. The van der Waals surface area contributed by atoms with Crippen LogP contribution < -0.4 is 0 Å². The zero-order valence-electron chi connectivity index (χ0n) is 20.1. The van der Waals surface area contributed by atoms with E-state index in [1.54, 1.807) is 0 Å². The highest BCUT2D eigenvalue weighted by Crippen LogP contribution is 2.42. The molecule has 1 amide bonds. The lowest BCUT2D eigenvalue weighted by atomic mass is 9.94. The Morgan fingerprint density at radius 3 is 2.12 bits per heavy atom. The molecule has 186 valence electrons. The van der Waals surface area contributed by atoms with Crippen molar-refractivity contribution in [3.63, 3.8) is 0 Å². The fourth-order valence-corrected chi connectivity index (χ4v) is 7.38. The third-order valence-electron chi connectivity index (χ3n) is 5.51. The molecule has 0 saturated carbocycles. The number of carbonyl (C=O) groups is 4. The summed E-state index contributed by atoms with van der Waals surface area (Å²) in [4.78, 5) is 49.6. The Bertz CT molecular complexity index is 862. The van der Waals surface area contributed by atoms with Gasteiger partial charge in [-0.25, -0.2) is 4.79 Å². The van der Waals surface area contributed by atoms with Crippen molar-refractivity contribution >= 4 is 64.7 Å². The van der Waals surface area contributed by atoms with E-state index in [9.17, 15) is 28.5 Å². The zero-order valence-corrected chi connectivity index (χ0v) is 23.6. The average Bonchev–Trinajstić information content (AvgIpc) is 2.63. The number of carboxylic acids is 1. The quantitative estimate of drug-likeness (QED) is 0.182. The summed E-state index contributed by atoms with van der Waals surface area (Å²) >= 11 is 1.13. The van der Waals surface area contributed by atoms with Crippen molar-refractivity contribution in [1.82, 2.24) is 4.90 Å². The van der Waals surface area contributed by atoms with Crippen LogP contribution in [0.4, 0.5) is 0 Å². The van der Waals surface area contributed by atoms with Crippen LogP contribution in [0.15, 0.2) is 22.6 Å². The summed E-state index contributed by atoms with van der Waals surface area (Å²) in [5.74, 6) is -2.62. The average molecular weight is 536 g/mol. The van der Waals surface area contributed by atoms with Crippen LogP contribution in [0.2, 0.25) is 18.1 Å². The second kappa shape index (κ2) is 12.0. The number of carbonyl (C=O) groups excluding carboxylic acids is 3. The number of aliphatic carboxylic acids is 1. The van der Waals surface area contributed by atoms with Crippen LogP contribution >= 0.6 is 23.5 Å². The second-order valence-electron chi connectivity index (χ2n) is 9.07. The van der Waals surface area contributed by atoms with E-state index < -0.39 is 58.2 Å². The van der Waals surface area contributed by atoms with Gasteiger partial charge in [0.05, 0.1) is 10.2 Å². The van der Waals surface area contributed by atoms with Gasteiger partial charge in [-0.3, -0.25) is 23.5 Å². The summed E-state index contributed by atoms with van der Waals surface area (Å²) in [6.07, 6.45) is 1.73. The monoisotopic (exact) mass is 535 g/mol. The van der Waals surface area contributed by atoms with Crippen molar-refractivity contribution < 1.29 is 32.9 Å². The first-order valence-corrected chi connectivity index (χ1v) is 16.3. The standard InChI is InChI=1S/C21H33NO7S3Si/c1-9-12-32(28)18-15(10-11-29-33(7,8)21(4,5)6)17(25)22(18)16(19(26)27)20(30-13(2)23)31-14(3)24/h9,15,18H,1,10-12H2,2-8H3,(H,26,27)/t15-,18+,32?/m0/s1. The van der Waals surface area contributed by atoms with Crippen molar-refractivity contribution in [2.24, 2.45) is 5.92 Å². The molecule has 0 aromatic heterocycles. The normalized spacial score (nSPS) is 19.5. The van der Waals surface area contributed by atoms with Gasteiger partial charge in [-0.1, -0.05) is 26.8 Å². The van der Waals surface area contributed by atoms with Gasteiger partial charge in [0.25, 0.3) is 0 Å². The number of thioether (sulfide) groups is 2. The van der Waals surface area contributed by atoms with Crippen molar-refractivity contribution in [3.8, 4) is 0 Å². The first kappa shape index (κ1) is 29.8. The first-order valence-electron chi connectivity index (χ1n) is 10.3. The molecule has 33 heavy (non-hydrogen) atoms. The molecule has 1 saturated heterocycles. The van der Waals surface area contributed by atoms with Crippen molar-refractivity contribution in [3.05, 3.63) is 22.6 Å². The molecule has 1 aliphatic rings. The summed E-state index contributed by atoms with van der Waals surface area (Å²) in [6, 6.07) is 0. The van der Waals surface area contributed by atoms with E-state index in [4.69, 9.17) is 4.43 Å². The highest BCUT2D eigenvalue weighted by Gasteiger charge is 2.54. The molecule has 1 aliphatic heterocycles. The largest absolute Gasteiger partial charge is 0.477 e. The Hall–Kier alpha value is -1.21. The molecule has 1 fully saturated rings. The number of carboxylic acid groups (broad SMARTS) is 1. The predicted octanol–water partition coefficient (Wildman–Crippen LogP) is 3.93. The van der Waals surface area contributed by atoms with E-state index in [1.165, 1.54) is 19.9 Å². The Kier molecular flexibility index (Phi) is 10.8. The molecule has 0 bridgehead atoms. The molecule has 1 N–H and O–H groups in total. The minimum Gasteiger partial charge on any atom is -0.477 e. The van der Waals surface area contributed by atoms with Crippen molar-refractivity contribution in [2.75, 3.05) is 12.4 Å². The van der Waals surface area contributed by atoms with Crippen LogP contribution in [-0.2, 0) is 34.4 Å². The molecule has 1 heterocycles. The van der Waals surface area contributed by atoms with E-state index in [2.05, 4.69) is 40.4 Å². The van der Waals surface area contributed by atoms with Gasteiger partial charge in [-0.2, -0.15) is 0 Å². The van der Waals surface area contributed by atoms with E-state index in [-0.39, 0.29) is 28.1 Å². The van der Waals surface area contributed by atoms with Crippen molar-refractivity contribution in [1.29, 1.82) is 0 Å². The Morgan fingerprint density at radius 2 is 1.73 bits per heavy atom. The number of rotatable bonds is 11. The maximum atomic E-state index is 13.1. The second-order valence-corrected chi connectivity index (χ2v) is 18.1. The maximum Gasteiger partial charge on any atom is 0.354 e. The number of nitrogens with zero attached hydrogens (tertiary/aromatic N) is 1. The van der Waals surface area contributed by atoms with E-state index in [0.29, 0.717) is 23.5 Å². The number of likely N-dealkylation sites (tertiary alicyclic amines) is 1. The molecule has 1 rings (SSSR count). The molecule has 0 spiro atoms. The van der Waals surface area contributed by atoms with Crippen LogP contribution in [-0.4, -0.2) is 62.4 Å². The van der Waals surface area contributed by atoms with Crippen LogP contribution in [0.1, 0.15) is 41.0 Å². The van der Waals surface area contributed by atoms with E-state index in [1.807, 2.05) is 0 Å². The summed E-state index contributed by atoms with van der Waals surface area (Å²) in [7, 11) is -3.68. The van der Waals surface area contributed by atoms with Crippen molar-refractivity contribution in [2.45, 2.75) is 64.5 Å². The molecular weight excluding hydrogens is 503 g/mol. The number of amides is 1. The third kappa shape index (κ3) is 7.64. The van der Waals surface area contributed by atoms with Gasteiger partial charge in [0, 0.05) is 37.0 Å². The minimum atomic E-state index is -2.06. The molecule has 0 aromatic carbocycles. The van der Waals surface area contributed by atoms with E-state index >= 15 is 0 Å². The summed E-state index contributed by atoms with van der Waals surface area (Å²) in [6.45, 7) is 16.8. The smallest absolute Gasteiger partial charge is 0.354 e. The molecule has 3 atom stereocenters. The lowest BCUT2D eigenvalue weighted by Gasteiger charge is -2.47. The van der Waals surface area contributed by atoms with Gasteiger partial charge in [0.15, 0.2) is 24.2 Å². The lowest BCUT2D eigenvalue weighted by Crippen LogP contribution is -2.63. The summed E-state index contributed by atoms with van der Waals surface area (Å²) in [5, 5.41) is 8.06. The van der Waals surface area contributed by atoms with Gasteiger partial charge in [-0.05, 0) is 48.1 Å². The van der Waals surface area contributed by atoms with Crippen LogP contribution in [0, 0.1) is 5.92 Å². The van der Waals surface area contributed by atoms with Crippen LogP contribution in [0.3, 0.4) is 0 Å². The summed E-state index contributed by atoms with van der Waals surface area (Å²) < 4.78 is 19.0. The molecule has 12 heteroatoms. The Morgan fingerprint density at radius 1 is 1.21 bits per heavy atom. The third-order valence-corrected chi connectivity index (χ3v) is 13.5. The van der Waals surface area contributed by atoms with Gasteiger partial charge in [0.2, 0.25) is 5.91 Å². The van der Waals surface area contributed by atoms with Gasteiger partial charge in [0.1, 0.15) is 5.37 Å². The molecule has 1 unspecified atom stereocenters. The molecule has 0 aromatic rings. The number of hydrogen-bond acceptors (Lipinski definition) is 8. The SMILES string of the molecule is C=CCS(=O)[C@@H]1[C@@H](CCO[Si](C)(C)C(C)(C)C)C(=O)N1C(C(=O)O)=C(SC(C)=O)SC(C)=O. The molecule has 0 radical (unpaired) electrons. The first-order chi connectivity index (χ1) is 15.0. The molecule has 0 aliphatic carbocycles. The van der Waals surface area contributed by atoms with Gasteiger partial charge < -0.3 is 9.53 Å². The predicted molar refractivity (Wildman–Crippen MR) is 136 cm³/mol. The highest BCUT2D eigenvalue weighted by molar-refractivity contribution is 8.34. The van der Waals surface area contributed by atoms with Gasteiger partial charge in [-0.15, -0.1) is 6.58 Å². The van der Waals surface area contributed by atoms with Crippen LogP contribution in [0.25, 0.3) is 0 Å². The minimum absolute atomic E-state index is 0.0182. The Balaban J connectivity index is 3.32. The van der Waals surface area contributed by atoms with Gasteiger partial charge >= 0.3 is 5.97 Å². The topological polar surface area (TPSA) is 118 Å². The molecule has 8 nitrogen and oxygen atoms in total. The van der Waals surface area contributed by atoms with Crippen LogP contribution in [0.5, 0.6) is 0 Å². The lowest BCUT2D eigenvalue weighted by molar-refractivity contribution is -0.153. The summed E-state index contributed by atoms with van der Waals surface area (Å²) in [5.41, 5.74) is -0.496. The Labute approximate surface area is 207 Å². The molecular formula is C21H33NO7S3Si. The fraction of sp³-hybridized carbons (Fsp3) is 0.619. The van der Waals surface area contributed by atoms with E-state index in [0.717, 1.165) is 4.90 Å². The number of hydrogen-bond donors (Lipinski definition) is 1. The number of β-lactam (4-membered cyclic amide) rings is 1.